The Bertz CT molecular complexity index is 406. The minimum absolute atomic E-state index is 0.158. The molecule has 3 heteroatoms. The van der Waals surface area contributed by atoms with Gasteiger partial charge in [-0.1, -0.05) is 44.5 Å². The van der Waals surface area contributed by atoms with Gasteiger partial charge in [0.15, 0.2) is 0 Å². The zero-order chi connectivity index (χ0) is 15.1. The number of hydrogen-bond donors (Lipinski definition) is 1. The third-order valence-corrected chi connectivity index (χ3v) is 3.92. The van der Waals surface area contributed by atoms with Crippen LogP contribution in [0.5, 0.6) is 0 Å². The second kappa shape index (κ2) is 8.66. The molecule has 0 heterocycles. The van der Waals surface area contributed by atoms with Crippen molar-refractivity contribution in [3.63, 3.8) is 0 Å². The second-order valence-corrected chi connectivity index (χ2v) is 6.01. The van der Waals surface area contributed by atoms with Gasteiger partial charge in [0.05, 0.1) is 12.1 Å². The Labute approximate surface area is 128 Å². The van der Waals surface area contributed by atoms with Gasteiger partial charge in [0, 0.05) is 11.6 Å². The number of benzene rings is 1. The molecular formula is C17H28ClNO. The first-order valence-electron chi connectivity index (χ1n) is 7.62. The second-order valence-electron chi connectivity index (χ2n) is 5.60. The molecule has 1 aromatic carbocycles. The molecule has 0 amide bonds. The Balaban J connectivity index is 3.05. The van der Waals surface area contributed by atoms with Crippen LogP contribution >= 0.6 is 11.6 Å². The maximum atomic E-state index is 6.28. The van der Waals surface area contributed by atoms with E-state index in [1.807, 2.05) is 13.8 Å². The van der Waals surface area contributed by atoms with Gasteiger partial charge in [-0.15, -0.1) is 0 Å². The molecule has 0 spiro atoms. The number of nitrogens with one attached hydrogen (secondary N) is 1. The third-order valence-electron chi connectivity index (χ3n) is 3.51. The molecule has 0 aliphatic carbocycles. The maximum absolute atomic E-state index is 6.28. The van der Waals surface area contributed by atoms with Crippen LogP contribution in [0.2, 0.25) is 5.02 Å². The summed E-state index contributed by atoms with van der Waals surface area (Å²) in [4.78, 5) is 0. The SMILES string of the molecule is CCCNC(c1ccc(C)c(Cl)c1)C(OCC)C(C)C. The largest absolute Gasteiger partial charge is 0.376 e. The van der Waals surface area contributed by atoms with Gasteiger partial charge in [0.1, 0.15) is 0 Å². The van der Waals surface area contributed by atoms with E-state index in [1.165, 1.54) is 5.56 Å². The molecule has 0 saturated heterocycles. The van der Waals surface area contributed by atoms with E-state index in [-0.39, 0.29) is 12.1 Å². The van der Waals surface area contributed by atoms with E-state index in [4.69, 9.17) is 16.3 Å². The predicted molar refractivity (Wildman–Crippen MR) is 87.5 cm³/mol. The van der Waals surface area contributed by atoms with Crippen LogP contribution in [0.3, 0.4) is 0 Å². The smallest absolute Gasteiger partial charge is 0.0792 e. The van der Waals surface area contributed by atoms with Crippen molar-refractivity contribution in [2.45, 2.75) is 53.2 Å². The topological polar surface area (TPSA) is 21.3 Å². The van der Waals surface area contributed by atoms with Crippen LogP contribution in [0.15, 0.2) is 18.2 Å². The minimum atomic E-state index is 0.158. The van der Waals surface area contributed by atoms with Crippen LogP contribution in [-0.4, -0.2) is 19.3 Å². The van der Waals surface area contributed by atoms with Crippen molar-refractivity contribution in [1.29, 1.82) is 0 Å². The maximum Gasteiger partial charge on any atom is 0.0792 e. The summed E-state index contributed by atoms with van der Waals surface area (Å²) < 4.78 is 5.98. The van der Waals surface area contributed by atoms with Crippen molar-refractivity contribution in [3.8, 4) is 0 Å². The number of aryl methyl sites for hydroxylation is 1. The average Bonchev–Trinajstić information content (AvgIpc) is 2.41. The van der Waals surface area contributed by atoms with E-state index >= 15 is 0 Å². The summed E-state index contributed by atoms with van der Waals surface area (Å²) in [5, 5.41) is 4.44. The number of halogens is 1. The van der Waals surface area contributed by atoms with E-state index in [0.717, 1.165) is 30.2 Å². The van der Waals surface area contributed by atoms with Crippen LogP contribution in [0, 0.1) is 12.8 Å². The summed E-state index contributed by atoms with van der Waals surface area (Å²) in [5.74, 6) is 0.449. The first-order chi connectivity index (χ1) is 9.51. The molecule has 1 N–H and O–H groups in total. The van der Waals surface area contributed by atoms with Crippen LogP contribution in [0.4, 0.5) is 0 Å². The number of rotatable bonds is 8. The van der Waals surface area contributed by atoms with Crippen molar-refractivity contribution in [2.24, 2.45) is 5.92 Å². The van der Waals surface area contributed by atoms with Gasteiger partial charge >= 0.3 is 0 Å². The normalized spacial score (nSPS) is 14.6. The molecular weight excluding hydrogens is 270 g/mol. The standard InChI is InChI=1S/C17H28ClNO/c1-6-10-19-16(17(12(3)4)20-7-2)14-9-8-13(5)15(18)11-14/h8-9,11-12,16-17,19H,6-7,10H2,1-5H3. The van der Waals surface area contributed by atoms with E-state index in [0.29, 0.717) is 5.92 Å². The average molecular weight is 298 g/mol. The monoisotopic (exact) mass is 297 g/mol. The van der Waals surface area contributed by atoms with E-state index in [9.17, 15) is 0 Å². The van der Waals surface area contributed by atoms with Crippen LogP contribution in [0.1, 0.15) is 51.3 Å². The lowest BCUT2D eigenvalue weighted by atomic mass is 9.92. The molecule has 20 heavy (non-hydrogen) atoms. The molecule has 0 radical (unpaired) electrons. The van der Waals surface area contributed by atoms with E-state index in [2.05, 4.69) is 44.3 Å². The summed E-state index contributed by atoms with van der Waals surface area (Å²) >= 11 is 6.28. The predicted octanol–water partition coefficient (Wildman–Crippen LogP) is 4.75. The van der Waals surface area contributed by atoms with Gasteiger partial charge in [0.25, 0.3) is 0 Å². The van der Waals surface area contributed by atoms with Gasteiger partial charge < -0.3 is 10.1 Å². The number of hydrogen-bond acceptors (Lipinski definition) is 2. The van der Waals surface area contributed by atoms with Crippen LogP contribution in [0.25, 0.3) is 0 Å². The van der Waals surface area contributed by atoms with Crippen molar-refractivity contribution < 1.29 is 4.74 Å². The molecule has 0 aromatic heterocycles. The van der Waals surface area contributed by atoms with E-state index in [1.54, 1.807) is 0 Å². The van der Waals surface area contributed by atoms with Gasteiger partial charge in [-0.2, -0.15) is 0 Å². The molecule has 114 valence electrons. The molecule has 2 nitrogen and oxygen atoms in total. The van der Waals surface area contributed by atoms with Crippen LogP contribution < -0.4 is 5.32 Å². The molecule has 2 atom stereocenters. The zero-order valence-electron chi connectivity index (χ0n) is 13.4. The fourth-order valence-electron chi connectivity index (χ4n) is 2.39. The lowest BCUT2D eigenvalue weighted by Gasteiger charge is -2.31. The molecule has 1 rings (SSSR count). The summed E-state index contributed by atoms with van der Waals surface area (Å²) in [7, 11) is 0. The highest BCUT2D eigenvalue weighted by molar-refractivity contribution is 6.31. The summed E-state index contributed by atoms with van der Waals surface area (Å²) in [5.41, 5.74) is 2.32. The fourth-order valence-corrected chi connectivity index (χ4v) is 2.58. The molecule has 0 aliphatic rings. The van der Waals surface area contributed by atoms with Gasteiger partial charge in [-0.25, -0.2) is 0 Å². The van der Waals surface area contributed by atoms with Crippen molar-refractivity contribution in [2.75, 3.05) is 13.2 Å². The summed E-state index contributed by atoms with van der Waals surface area (Å²) in [6.07, 6.45) is 1.26. The Kier molecular flexibility index (Phi) is 7.57. The molecule has 1 aromatic rings. The van der Waals surface area contributed by atoms with E-state index < -0.39 is 0 Å². The third kappa shape index (κ3) is 4.76. The molecule has 2 unspecified atom stereocenters. The lowest BCUT2D eigenvalue weighted by molar-refractivity contribution is 0.00284. The van der Waals surface area contributed by atoms with Crippen molar-refractivity contribution in [3.05, 3.63) is 34.3 Å². The zero-order valence-corrected chi connectivity index (χ0v) is 14.1. The molecule has 0 aliphatic heterocycles. The molecule has 0 bridgehead atoms. The van der Waals surface area contributed by atoms with Crippen LogP contribution in [-0.2, 0) is 4.74 Å². The minimum Gasteiger partial charge on any atom is -0.376 e. The molecule has 0 fully saturated rings. The highest BCUT2D eigenvalue weighted by atomic mass is 35.5. The fraction of sp³-hybridized carbons (Fsp3) is 0.647. The van der Waals surface area contributed by atoms with Crippen molar-refractivity contribution >= 4 is 11.6 Å². The Morgan fingerprint density at radius 3 is 2.45 bits per heavy atom. The summed E-state index contributed by atoms with van der Waals surface area (Å²) in [6.45, 7) is 12.4. The highest BCUT2D eigenvalue weighted by Gasteiger charge is 2.26. The van der Waals surface area contributed by atoms with Gasteiger partial charge in [-0.3, -0.25) is 0 Å². The lowest BCUT2D eigenvalue weighted by Crippen LogP contribution is -2.37. The Hall–Kier alpha value is -0.570. The number of ether oxygens (including phenoxy) is 1. The van der Waals surface area contributed by atoms with Gasteiger partial charge in [-0.05, 0) is 49.9 Å². The molecule has 0 saturated carbocycles. The quantitative estimate of drug-likeness (QED) is 0.747. The van der Waals surface area contributed by atoms with Crippen molar-refractivity contribution in [1.82, 2.24) is 5.32 Å². The summed E-state index contributed by atoms with van der Waals surface area (Å²) in [6, 6.07) is 6.50. The van der Waals surface area contributed by atoms with Gasteiger partial charge in [0.2, 0.25) is 0 Å². The first kappa shape index (κ1) is 17.5. The highest BCUT2D eigenvalue weighted by Crippen LogP contribution is 2.28. The Morgan fingerprint density at radius 1 is 1.25 bits per heavy atom. The first-order valence-corrected chi connectivity index (χ1v) is 8.00. The Morgan fingerprint density at radius 2 is 1.95 bits per heavy atom.